The van der Waals surface area contributed by atoms with Crippen molar-refractivity contribution in [3.05, 3.63) is 16.0 Å². The fourth-order valence-electron chi connectivity index (χ4n) is 2.14. The van der Waals surface area contributed by atoms with Crippen molar-refractivity contribution >= 4 is 28.3 Å². The molecule has 3 N–H and O–H groups in total. The zero-order valence-corrected chi connectivity index (χ0v) is 12.3. The van der Waals surface area contributed by atoms with E-state index in [1.807, 2.05) is 6.92 Å². The van der Waals surface area contributed by atoms with Gasteiger partial charge in [-0.3, -0.25) is 5.32 Å². The molecule has 1 aromatic heterocycles. The third kappa shape index (κ3) is 3.29. The van der Waals surface area contributed by atoms with Crippen LogP contribution in [0.3, 0.4) is 0 Å². The summed E-state index contributed by atoms with van der Waals surface area (Å²) >= 11 is 1.28. The van der Waals surface area contributed by atoms with Crippen molar-refractivity contribution < 1.29 is 19.4 Å². The molecule has 6 nitrogen and oxygen atoms in total. The van der Waals surface area contributed by atoms with Gasteiger partial charge >= 0.3 is 12.0 Å². The van der Waals surface area contributed by atoms with E-state index in [1.165, 1.54) is 11.3 Å². The molecule has 0 bridgehead atoms. The van der Waals surface area contributed by atoms with Crippen LogP contribution in [0.5, 0.6) is 0 Å². The highest BCUT2D eigenvalue weighted by molar-refractivity contribution is 7.16. The third-order valence-electron chi connectivity index (χ3n) is 3.38. The first-order valence-electron chi connectivity index (χ1n) is 6.47. The van der Waals surface area contributed by atoms with Gasteiger partial charge in [-0.05, 0) is 32.3 Å². The van der Waals surface area contributed by atoms with E-state index in [0.717, 1.165) is 17.7 Å². The number of thiophene rings is 1. The minimum absolute atomic E-state index is 0.0826. The Labute approximate surface area is 121 Å². The maximum atomic E-state index is 11.9. The molecule has 20 heavy (non-hydrogen) atoms. The zero-order valence-electron chi connectivity index (χ0n) is 11.5. The van der Waals surface area contributed by atoms with Gasteiger partial charge in [-0.25, -0.2) is 9.59 Å². The Morgan fingerprint density at radius 3 is 2.55 bits per heavy atom. The van der Waals surface area contributed by atoms with E-state index in [-0.39, 0.29) is 17.6 Å². The van der Waals surface area contributed by atoms with Crippen LogP contribution < -0.4 is 10.6 Å². The average Bonchev–Trinajstić information content (AvgIpc) is 2.65. The van der Waals surface area contributed by atoms with Crippen LogP contribution in [0.25, 0.3) is 0 Å². The van der Waals surface area contributed by atoms with Crippen LogP contribution in [0.2, 0.25) is 0 Å². The Balaban J connectivity index is 2.04. The lowest BCUT2D eigenvalue weighted by atomic mass is 10.1. The number of ether oxygens (including phenoxy) is 1. The van der Waals surface area contributed by atoms with Gasteiger partial charge in [0.2, 0.25) is 0 Å². The first kappa shape index (κ1) is 14.8. The number of carboxylic acids is 1. The lowest BCUT2D eigenvalue weighted by Crippen LogP contribution is -2.41. The van der Waals surface area contributed by atoms with Crippen molar-refractivity contribution in [2.45, 2.75) is 32.7 Å². The van der Waals surface area contributed by atoms with Crippen molar-refractivity contribution in [1.82, 2.24) is 5.32 Å². The number of anilines is 1. The number of carbonyl (C=O) groups is 2. The molecule has 0 spiro atoms. The van der Waals surface area contributed by atoms with Gasteiger partial charge in [-0.2, -0.15) is 0 Å². The second kappa shape index (κ2) is 6.23. The lowest BCUT2D eigenvalue weighted by molar-refractivity contribution is 0.0697. The number of carboxylic acid groups (broad SMARTS) is 1. The molecule has 1 aromatic rings. The standard InChI is InChI=1S/C13H18N2O4S/c1-7-8(2)20-11(10(7)12(16)17)15-13(18)14-9-3-5-19-6-4-9/h9H,3-6H2,1-2H3,(H,16,17)(H2,14,15,18). The number of rotatable bonds is 3. The fourth-order valence-corrected chi connectivity index (χ4v) is 3.19. The number of hydrogen-bond acceptors (Lipinski definition) is 4. The summed E-state index contributed by atoms with van der Waals surface area (Å²) in [5, 5.41) is 15.1. The molecule has 2 amide bonds. The van der Waals surface area contributed by atoms with Gasteiger partial charge in [-0.15, -0.1) is 11.3 Å². The smallest absolute Gasteiger partial charge is 0.338 e. The van der Waals surface area contributed by atoms with Gasteiger partial charge in [0.25, 0.3) is 0 Å². The van der Waals surface area contributed by atoms with Gasteiger partial charge in [0.1, 0.15) is 5.00 Å². The first-order valence-corrected chi connectivity index (χ1v) is 7.29. The zero-order chi connectivity index (χ0) is 14.7. The van der Waals surface area contributed by atoms with Gasteiger partial charge in [0.05, 0.1) is 5.56 Å². The second-order valence-corrected chi connectivity index (χ2v) is 6.00. The van der Waals surface area contributed by atoms with Crippen molar-refractivity contribution in [1.29, 1.82) is 0 Å². The molecule has 1 aliphatic rings. The molecule has 1 aliphatic heterocycles. The molecule has 0 unspecified atom stereocenters. The molecular formula is C13H18N2O4S. The van der Waals surface area contributed by atoms with Crippen LogP contribution in [0, 0.1) is 13.8 Å². The number of amides is 2. The summed E-state index contributed by atoms with van der Waals surface area (Å²) in [6.07, 6.45) is 1.56. The van der Waals surface area contributed by atoms with Crippen LogP contribution in [-0.2, 0) is 4.74 Å². The van der Waals surface area contributed by atoms with Crippen molar-refractivity contribution in [3.63, 3.8) is 0 Å². The molecule has 0 aliphatic carbocycles. The Morgan fingerprint density at radius 2 is 1.95 bits per heavy atom. The summed E-state index contributed by atoms with van der Waals surface area (Å²) in [7, 11) is 0. The summed E-state index contributed by atoms with van der Waals surface area (Å²) in [4.78, 5) is 24.1. The van der Waals surface area contributed by atoms with Gasteiger partial charge < -0.3 is 15.2 Å². The minimum Gasteiger partial charge on any atom is -0.478 e. The maximum Gasteiger partial charge on any atom is 0.338 e. The SMILES string of the molecule is Cc1sc(NC(=O)NC2CCOCC2)c(C(=O)O)c1C. The summed E-state index contributed by atoms with van der Waals surface area (Å²) < 4.78 is 5.22. The number of aromatic carboxylic acids is 1. The van der Waals surface area contributed by atoms with Gasteiger partial charge in [0.15, 0.2) is 0 Å². The average molecular weight is 298 g/mol. The molecule has 2 heterocycles. The molecule has 0 aromatic carbocycles. The highest BCUT2D eigenvalue weighted by Crippen LogP contribution is 2.32. The molecule has 110 valence electrons. The molecule has 2 rings (SSSR count). The van der Waals surface area contributed by atoms with E-state index < -0.39 is 5.97 Å². The number of aryl methyl sites for hydroxylation is 1. The predicted molar refractivity (Wildman–Crippen MR) is 76.7 cm³/mol. The highest BCUT2D eigenvalue weighted by Gasteiger charge is 2.22. The predicted octanol–water partition coefficient (Wildman–Crippen LogP) is 2.36. The number of carbonyl (C=O) groups excluding carboxylic acids is 1. The summed E-state index contributed by atoms with van der Waals surface area (Å²) in [6, 6.07) is -0.278. The number of nitrogens with one attached hydrogen (secondary N) is 2. The monoisotopic (exact) mass is 298 g/mol. The Kier molecular flexibility index (Phi) is 4.61. The Morgan fingerprint density at radius 1 is 1.30 bits per heavy atom. The van der Waals surface area contributed by atoms with E-state index in [1.54, 1.807) is 6.92 Å². The topological polar surface area (TPSA) is 87.7 Å². The van der Waals surface area contributed by atoms with Crippen LogP contribution in [-0.4, -0.2) is 36.4 Å². The lowest BCUT2D eigenvalue weighted by Gasteiger charge is -2.23. The van der Waals surface area contributed by atoms with Crippen molar-refractivity contribution in [3.8, 4) is 0 Å². The molecule has 0 atom stereocenters. The van der Waals surface area contributed by atoms with Gasteiger partial charge in [0, 0.05) is 24.1 Å². The van der Waals surface area contributed by atoms with Crippen LogP contribution >= 0.6 is 11.3 Å². The quantitative estimate of drug-likeness (QED) is 0.799. The number of urea groups is 1. The van der Waals surface area contributed by atoms with E-state index in [2.05, 4.69) is 10.6 Å². The van der Waals surface area contributed by atoms with Crippen molar-refractivity contribution in [2.75, 3.05) is 18.5 Å². The molecular weight excluding hydrogens is 280 g/mol. The first-order chi connectivity index (χ1) is 9.49. The molecule has 1 saturated heterocycles. The summed E-state index contributed by atoms with van der Waals surface area (Å²) in [5.74, 6) is -1.02. The van der Waals surface area contributed by atoms with E-state index in [9.17, 15) is 14.7 Å². The summed E-state index contributed by atoms with van der Waals surface area (Å²) in [5.41, 5.74) is 0.874. The Hall–Kier alpha value is -1.60. The van der Waals surface area contributed by atoms with E-state index in [0.29, 0.717) is 23.8 Å². The maximum absolute atomic E-state index is 11.9. The second-order valence-electron chi connectivity index (χ2n) is 4.78. The molecule has 7 heteroatoms. The number of hydrogen-bond donors (Lipinski definition) is 3. The van der Waals surface area contributed by atoms with Crippen molar-refractivity contribution in [2.24, 2.45) is 0 Å². The van der Waals surface area contributed by atoms with E-state index >= 15 is 0 Å². The highest BCUT2D eigenvalue weighted by atomic mass is 32.1. The Bertz CT molecular complexity index is 521. The molecule has 0 radical (unpaired) electrons. The summed E-state index contributed by atoms with van der Waals surface area (Å²) in [6.45, 7) is 4.87. The van der Waals surface area contributed by atoms with Crippen LogP contribution in [0.4, 0.5) is 9.80 Å². The van der Waals surface area contributed by atoms with Crippen LogP contribution in [0.1, 0.15) is 33.6 Å². The van der Waals surface area contributed by atoms with Gasteiger partial charge in [-0.1, -0.05) is 0 Å². The minimum atomic E-state index is -1.02. The largest absolute Gasteiger partial charge is 0.478 e. The normalized spacial score (nSPS) is 15.9. The third-order valence-corrected chi connectivity index (χ3v) is 4.51. The molecule has 0 saturated carbocycles. The molecule has 1 fully saturated rings. The van der Waals surface area contributed by atoms with Crippen LogP contribution in [0.15, 0.2) is 0 Å². The fraction of sp³-hybridized carbons (Fsp3) is 0.538. The van der Waals surface area contributed by atoms with E-state index in [4.69, 9.17) is 4.74 Å².